The maximum Gasteiger partial charge on any atom is 0.271 e. The maximum absolute atomic E-state index is 11.9. The number of amides is 1. The number of nitrogen functional groups attached to an aromatic ring is 1. The number of aryl methyl sites for hydroxylation is 1. The molecule has 2 aromatic heterocycles. The second-order valence-electron chi connectivity index (χ2n) is 3.92. The first-order valence-electron chi connectivity index (χ1n) is 5.67. The van der Waals surface area contributed by atoms with E-state index in [2.05, 4.69) is 25.7 Å². The van der Waals surface area contributed by atoms with Gasteiger partial charge in [0.1, 0.15) is 5.69 Å². The smallest absolute Gasteiger partial charge is 0.271 e. The molecule has 0 saturated heterocycles. The number of aromatic nitrogens is 3. The summed E-state index contributed by atoms with van der Waals surface area (Å²) in [5.41, 5.74) is 4.39. The average molecular weight is 258 g/mol. The Balaban J connectivity index is 1.99. The van der Waals surface area contributed by atoms with Crippen molar-refractivity contribution in [3.63, 3.8) is 0 Å². The Morgan fingerprint density at radius 3 is 2.84 bits per heavy atom. The molecule has 7 heteroatoms. The Hall–Kier alpha value is -2.54. The SMILES string of the molecule is Cc1ccc(CNC(=O)c2cncc(NN)n2)cn1. The van der Waals surface area contributed by atoms with Crippen LogP contribution in [0.1, 0.15) is 21.7 Å². The van der Waals surface area contributed by atoms with Gasteiger partial charge in [-0.25, -0.2) is 10.8 Å². The van der Waals surface area contributed by atoms with Crippen molar-refractivity contribution in [2.24, 2.45) is 5.84 Å². The van der Waals surface area contributed by atoms with Gasteiger partial charge in [-0.2, -0.15) is 0 Å². The third-order valence-electron chi connectivity index (χ3n) is 2.44. The minimum Gasteiger partial charge on any atom is -0.347 e. The van der Waals surface area contributed by atoms with Crippen LogP contribution in [0.5, 0.6) is 0 Å². The third kappa shape index (κ3) is 3.46. The number of nitrogens with one attached hydrogen (secondary N) is 2. The zero-order chi connectivity index (χ0) is 13.7. The van der Waals surface area contributed by atoms with Crippen molar-refractivity contribution in [2.45, 2.75) is 13.5 Å². The Bertz CT molecular complexity index is 569. The summed E-state index contributed by atoms with van der Waals surface area (Å²) in [5, 5.41) is 2.74. The molecule has 4 N–H and O–H groups in total. The molecular formula is C12H14N6O. The lowest BCUT2D eigenvalue weighted by molar-refractivity contribution is 0.0945. The number of hydrogen-bond acceptors (Lipinski definition) is 6. The van der Waals surface area contributed by atoms with Gasteiger partial charge in [0.15, 0.2) is 5.82 Å². The van der Waals surface area contributed by atoms with E-state index in [1.807, 2.05) is 19.1 Å². The molecule has 0 aliphatic carbocycles. The first-order chi connectivity index (χ1) is 9.19. The molecule has 7 nitrogen and oxygen atoms in total. The van der Waals surface area contributed by atoms with Gasteiger partial charge < -0.3 is 10.7 Å². The first kappa shape index (κ1) is 12.9. The molecular weight excluding hydrogens is 244 g/mol. The molecule has 0 atom stereocenters. The summed E-state index contributed by atoms with van der Waals surface area (Å²) < 4.78 is 0. The quantitative estimate of drug-likeness (QED) is 0.541. The number of nitrogens with two attached hydrogens (primary N) is 1. The van der Waals surface area contributed by atoms with Gasteiger partial charge in [0.05, 0.1) is 12.4 Å². The lowest BCUT2D eigenvalue weighted by Gasteiger charge is -2.05. The van der Waals surface area contributed by atoms with Gasteiger partial charge in [0.2, 0.25) is 0 Å². The highest BCUT2D eigenvalue weighted by Gasteiger charge is 2.08. The number of hydrazine groups is 1. The van der Waals surface area contributed by atoms with Crippen molar-refractivity contribution in [2.75, 3.05) is 5.43 Å². The topological polar surface area (TPSA) is 106 Å². The minimum atomic E-state index is -0.315. The van der Waals surface area contributed by atoms with Crippen LogP contribution in [0.3, 0.4) is 0 Å². The molecule has 0 spiro atoms. The largest absolute Gasteiger partial charge is 0.347 e. The van der Waals surface area contributed by atoms with Gasteiger partial charge in [-0.05, 0) is 18.6 Å². The zero-order valence-electron chi connectivity index (χ0n) is 10.4. The van der Waals surface area contributed by atoms with E-state index in [1.165, 1.54) is 12.4 Å². The lowest BCUT2D eigenvalue weighted by Crippen LogP contribution is -2.24. The molecule has 0 radical (unpaired) electrons. The Labute approximate surface area is 110 Å². The van der Waals surface area contributed by atoms with Crippen LogP contribution in [0.15, 0.2) is 30.7 Å². The average Bonchev–Trinajstić information content (AvgIpc) is 2.46. The van der Waals surface area contributed by atoms with Crippen LogP contribution < -0.4 is 16.6 Å². The monoisotopic (exact) mass is 258 g/mol. The Kier molecular flexibility index (Phi) is 3.99. The number of anilines is 1. The minimum absolute atomic E-state index is 0.204. The van der Waals surface area contributed by atoms with Crippen molar-refractivity contribution in [3.8, 4) is 0 Å². The summed E-state index contributed by atoms with van der Waals surface area (Å²) in [6.45, 7) is 2.29. The van der Waals surface area contributed by atoms with Crippen molar-refractivity contribution in [1.82, 2.24) is 20.3 Å². The fourth-order valence-electron chi connectivity index (χ4n) is 1.42. The van der Waals surface area contributed by atoms with Gasteiger partial charge in [-0.15, -0.1) is 0 Å². The van der Waals surface area contributed by atoms with E-state index in [-0.39, 0.29) is 11.6 Å². The summed E-state index contributed by atoms with van der Waals surface area (Å²) >= 11 is 0. The zero-order valence-corrected chi connectivity index (χ0v) is 10.4. The molecule has 0 aliphatic heterocycles. The molecule has 0 unspecified atom stereocenters. The van der Waals surface area contributed by atoms with Gasteiger partial charge in [-0.1, -0.05) is 6.07 Å². The number of carbonyl (C=O) groups is 1. The number of pyridine rings is 1. The van der Waals surface area contributed by atoms with E-state index in [0.29, 0.717) is 12.4 Å². The molecule has 98 valence electrons. The van der Waals surface area contributed by atoms with E-state index in [4.69, 9.17) is 5.84 Å². The first-order valence-corrected chi connectivity index (χ1v) is 5.67. The van der Waals surface area contributed by atoms with E-state index in [9.17, 15) is 4.79 Å². The second-order valence-corrected chi connectivity index (χ2v) is 3.92. The lowest BCUT2D eigenvalue weighted by atomic mass is 10.2. The summed E-state index contributed by atoms with van der Waals surface area (Å²) in [6.07, 6.45) is 4.53. The fourth-order valence-corrected chi connectivity index (χ4v) is 1.42. The van der Waals surface area contributed by atoms with Crippen LogP contribution in [0, 0.1) is 6.92 Å². The standard InChI is InChI=1S/C12H14N6O/c1-8-2-3-9(4-15-8)5-16-12(19)10-6-14-7-11(17-10)18-13/h2-4,6-7H,5,13H2,1H3,(H,16,19)(H,17,18). The molecule has 1 amide bonds. The van der Waals surface area contributed by atoms with Gasteiger partial charge >= 0.3 is 0 Å². The van der Waals surface area contributed by atoms with Gasteiger partial charge in [0, 0.05) is 18.4 Å². The van der Waals surface area contributed by atoms with Crippen LogP contribution in [-0.2, 0) is 6.54 Å². The Morgan fingerprint density at radius 1 is 1.32 bits per heavy atom. The highest BCUT2D eigenvalue weighted by molar-refractivity contribution is 5.92. The predicted molar refractivity (Wildman–Crippen MR) is 70.0 cm³/mol. The van der Waals surface area contributed by atoms with Crippen LogP contribution in [0.25, 0.3) is 0 Å². The van der Waals surface area contributed by atoms with E-state index >= 15 is 0 Å². The molecule has 2 aromatic rings. The summed E-state index contributed by atoms with van der Waals surface area (Å²) in [5.74, 6) is 5.23. The number of nitrogens with zero attached hydrogens (tertiary/aromatic N) is 3. The normalized spacial score (nSPS) is 10.0. The second kappa shape index (κ2) is 5.87. The van der Waals surface area contributed by atoms with Crippen LogP contribution in [-0.4, -0.2) is 20.9 Å². The molecule has 19 heavy (non-hydrogen) atoms. The number of carbonyl (C=O) groups excluding carboxylic acids is 1. The van der Waals surface area contributed by atoms with E-state index in [1.54, 1.807) is 6.20 Å². The van der Waals surface area contributed by atoms with Crippen molar-refractivity contribution >= 4 is 11.7 Å². The van der Waals surface area contributed by atoms with Crippen LogP contribution in [0.2, 0.25) is 0 Å². The van der Waals surface area contributed by atoms with Gasteiger partial charge in [-0.3, -0.25) is 14.8 Å². The molecule has 0 aliphatic rings. The highest BCUT2D eigenvalue weighted by Crippen LogP contribution is 2.02. The molecule has 0 saturated carbocycles. The van der Waals surface area contributed by atoms with Crippen LogP contribution >= 0.6 is 0 Å². The number of hydrogen-bond donors (Lipinski definition) is 3. The summed E-state index contributed by atoms with van der Waals surface area (Å²) in [7, 11) is 0. The molecule has 0 bridgehead atoms. The van der Waals surface area contributed by atoms with Crippen molar-refractivity contribution < 1.29 is 4.79 Å². The molecule has 2 rings (SSSR count). The Morgan fingerprint density at radius 2 is 2.16 bits per heavy atom. The van der Waals surface area contributed by atoms with Crippen molar-refractivity contribution in [3.05, 3.63) is 47.7 Å². The van der Waals surface area contributed by atoms with Crippen molar-refractivity contribution in [1.29, 1.82) is 0 Å². The highest BCUT2D eigenvalue weighted by atomic mass is 16.1. The third-order valence-corrected chi connectivity index (χ3v) is 2.44. The predicted octanol–water partition coefficient (Wildman–Crippen LogP) is 0.396. The molecule has 0 aromatic carbocycles. The number of rotatable bonds is 4. The van der Waals surface area contributed by atoms with E-state index in [0.717, 1.165) is 11.3 Å². The fraction of sp³-hybridized carbons (Fsp3) is 0.167. The molecule has 2 heterocycles. The summed E-state index contributed by atoms with van der Waals surface area (Å²) in [4.78, 5) is 23.9. The van der Waals surface area contributed by atoms with Gasteiger partial charge in [0.25, 0.3) is 5.91 Å². The summed E-state index contributed by atoms with van der Waals surface area (Å²) in [6, 6.07) is 3.80. The van der Waals surface area contributed by atoms with Crippen LogP contribution in [0.4, 0.5) is 5.82 Å². The molecule has 0 fully saturated rings. The maximum atomic E-state index is 11.9. The van der Waals surface area contributed by atoms with E-state index < -0.39 is 0 Å².